The highest BCUT2D eigenvalue weighted by atomic mass is 35.5. The van der Waals surface area contributed by atoms with E-state index in [2.05, 4.69) is 15.3 Å². The number of carbonyl (C=O) groups is 1. The van der Waals surface area contributed by atoms with Crippen LogP contribution in [-0.2, 0) is 16.6 Å². The molecule has 140 valence electrons. The fourth-order valence-corrected chi connectivity index (χ4v) is 3.28. The molecule has 1 N–H and O–H groups in total. The zero-order valence-electron chi connectivity index (χ0n) is 14.8. The van der Waals surface area contributed by atoms with Gasteiger partial charge in [-0.15, -0.1) is 0 Å². The highest BCUT2D eigenvalue weighted by Crippen LogP contribution is 2.18. The van der Waals surface area contributed by atoms with E-state index in [9.17, 15) is 13.2 Å². The van der Waals surface area contributed by atoms with E-state index in [1.807, 2.05) is 13.8 Å². The third kappa shape index (κ3) is 5.00. The van der Waals surface area contributed by atoms with Crippen molar-refractivity contribution in [3.05, 3.63) is 53.1 Å². The summed E-state index contributed by atoms with van der Waals surface area (Å²) >= 11 is 5.79. The van der Waals surface area contributed by atoms with Crippen LogP contribution in [0.3, 0.4) is 0 Å². The first-order valence-corrected chi connectivity index (χ1v) is 9.89. The van der Waals surface area contributed by atoms with Gasteiger partial charge in [0, 0.05) is 30.5 Å². The van der Waals surface area contributed by atoms with Gasteiger partial charge in [0.1, 0.15) is 5.82 Å². The molecular weight excluding hydrogens is 376 g/mol. The molecule has 1 heterocycles. The van der Waals surface area contributed by atoms with Crippen molar-refractivity contribution in [3.63, 3.8) is 0 Å². The molecule has 0 spiro atoms. The predicted molar refractivity (Wildman–Crippen MR) is 99.4 cm³/mol. The Morgan fingerprint density at radius 3 is 2.35 bits per heavy atom. The molecule has 1 amide bonds. The van der Waals surface area contributed by atoms with Crippen LogP contribution in [0.15, 0.2) is 41.6 Å². The normalized spacial score (nSPS) is 12.8. The van der Waals surface area contributed by atoms with Gasteiger partial charge in [-0.3, -0.25) is 4.79 Å². The molecule has 0 fully saturated rings. The third-order valence-corrected chi connectivity index (χ3v) is 5.91. The number of benzene rings is 1. The highest BCUT2D eigenvalue weighted by molar-refractivity contribution is 7.89. The monoisotopic (exact) mass is 396 g/mol. The van der Waals surface area contributed by atoms with Gasteiger partial charge in [-0.2, -0.15) is 4.31 Å². The summed E-state index contributed by atoms with van der Waals surface area (Å²) in [6.45, 7) is 3.86. The zero-order valence-corrected chi connectivity index (χ0v) is 16.4. The first-order chi connectivity index (χ1) is 12.2. The van der Waals surface area contributed by atoms with Gasteiger partial charge in [-0.05, 0) is 37.6 Å². The maximum absolute atomic E-state index is 12.5. The van der Waals surface area contributed by atoms with E-state index in [-0.39, 0.29) is 23.4 Å². The maximum atomic E-state index is 12.5. The molecular formula is C17H21ClN4O3S. The number of aromatic nitrogens is 2. The standard InChI is InChI=1S/C17H21ClN4O3S/c1-4-12(2)21-17(23)13-9-19-16(20-10-13)11-22(3)26(24,25)15-7-5-14(18)6-8-15/h5-10,12H,4,11H2,1-3H3,(H,21,23). The van der Waals surface area contributed by atoms with E-state index in [1.165, 1.54) is 43.7 Å². The Labute approximate surface area is 158 Å². The molecule has 2 aromatic rings. The van der Waals surface area contributed by atoms with Gasteiger partial charge in [-0.25, -0.2) is 18.4 Å². The summed E-state index contributed by atoms with van der Waals surface area (Å²) in [5, 5.41) is 3.28. The van der Waals surface area contributed by atoms with Crippen LogP contribution < -0.4 is 5.32 Å². The first-order valence-electron chi connectivity index (χ1n) is 8.07. The molecule has 1 aromatic carbocycles. The van der Waals surface area contributed by atoms with Crippen LogP contribution >= 0.6 is 11.6 Å². The molecule has 0 aliphatic heterocycles. The lowest BCUT2D eigenvalue weighted by Gasteiger charge is -2.16. The molecule has 0 aliphatic rings. The van der Waals surface area contributed by atoms with Crippen LogP contribution in [0.4, 0.5) is 0 Å². The Morgan fingerprint density at radius 2 is 1.81 bits per heavy atom. The molecule has 0 radical (unpaired) electrons. The highest BCUT2D eigenvalue weighted by Gasteiger charge is 2.22. The van der Waals surface area contributed by atoms with E-state index in [4.69, 9.17) is 11.6 Å². The molecule has 1 atom stereocenters. The van der Waals surface area contributed by atoms with Crippen molar-refractivity contribution >= 4 is 27.5 Å². The minimum atomic E-state index is -3.68. The minimum absolute atomic E-state index is 0.0157. The molecule has 0 aliphatic carbocycles. The predicted octanol–water partition coefficient (Wildman–Crippen LogP) is 2.48. The molecule has 0 saturated heterocycles. The van der Waals surface area contributed by atoms with Gasteiger partial charge >= 0.3 is 0 Å². The van der Waals surface area contributed by atoms with E-state index in [1.54, 1.807) is 0 Å². The number of sulfonamides is 1. The number of hydrogen-bond donors (Lipinski definition) is 1. The Hall–Kier alpha value is -2.03. The van der Waals surface area contributed by atoms with Crippen molar-refractivity contribution in [1.82, 2.24) is 19.6 Å². The van der Waals surface area contributed by atoms with Crippen molar-refractivity contribution in [3.8, 4) is 0 Å². The number of amides is 1. The second-order valence-corrected chi connectivity index (χ2v) is 8.37. The molecule has 1 aromatic heterocycles. The summed E-state index contributed by atoms with van der Waals surface area (Å²) in [5.41, 5.74) is 0.331. The van der Waals surface area contributed by atoms with Gasteiger partial charge in [0.05, 0.1) is 17.0 Å². The average molecular weight is 397 g/mol. The molecule has 7 nitrogen and oxygen atoms in total. The van der Waals surface area contributed by atoms with Gasteiger partial charge in [0.2, 0.25) is 10.0 Å². The van der Waals surface area contributed by atoms with Crippen LogP contribution in [0.2, 0.25) is 5.02 Å². The van der Waals surface area contributed by atoms with Crippen LogP contribution in [0.25, 0.3) is 0 Å². The Kier molecular flexibility index (Phi) is 6.69. The van der Waals surface area contributed by atoms with Crippen LogP contribution in [0.1, 0.15) is 36.5 Å². The largest absolute Gasteiger partial charge is 0.350 e. The molecule has 2 rings (SSSR count). The number of nitrogens with one attached hydrogen (secondary N) is 1. The number of carbonyl (C=O) groups excluding carboxylic acids is 1. The fourth-order valence-electron chi connectivity index (χ4n) is 2.03. The van der Waals surface area contributed by atoms with E-state index in [0.717, 1.165) is 10.7 Å². The van der Waals surface area contributed by atoms with Crippen LogP contribution in [0, 0.1) is 0 Å². The second-order valence-electron chi connectivity index (χ2n) is 5.89. The zero-order chi connectivity index (χ0) is 19.3. The van der Waals surface area contributed by atoms with Gasteiger partial charge in [-0.1, -0.05) is 18.5 Å². The van der Waals surface area contributed by atoms with Gasteiger partial charge < -0.3 is 5.32 Å². The molecule has 1 unspecified atom stereocenters. The smallest absolute Gasteiger partial charge is 0.254 e. The lowest BCUT2D eigenvalue weighted by Crippen LogP contribution is -2.32. The lowest BCUT2D eigenvalue weighted by atomic mass is 10.2. The summed E-state index contributed by atoms with van der Waals surface area (Å²) in [7, 11) is -2.24. The number of halogens is 1. The molecule has 0 saturated carbocycles. The Balaban J connectivity index is 2.08. The SMILES string of the molecule is CCC(C)NC(=O)c1cnc(CN(C)S(=O)(=O)c2ccc(Cl)cc2)nc1. The average Bonchev–Trinajstić information content (AvgIpc) is 2.62. The molecule has 0 bridgehead atoms. The van der Waals surface area contributed by atoms with Crippen molar-refractivity contribution in [1.29, 1.82) is 0 Å². The summed E-state index contributed by atoms with van der Waals surface area (Å²) in [6.07, 6.45) is 3.60. The van der Waals surface area contributed by atoms with E-state index in [0.29, 0.717) is 16.4 Å². The minimum Gasteiger partial charge on any atom is -0.350 e. The van der Waals surface area contributed by atoms with Crippen LogP contribution in [0.5, 0.6) is 0 Å². The Morgan fingerprint density at radius 1 is 1.23 bits per heavy atom. The lowest BCUT2D eigenvalue weighted by molar-refractivity contribution is 0.0938. The van der Waals surface area contributed by atoms with Crippen molar-refractivity contribution in [2.45, 2.75) is 37.8 Å². The molecule has 26 heavy (non-hydrogen) atoms. The summed E-state index contributed by atoms with van der Waals surface area (Å²) in [4.78, 5) is 20.3. The fraction of sp³-hybridized carbons (Fsp3) is 0.353. The summed E-state index contributed by atoms with van der Waals surface area (Å²) in [5.74, 6) is 0.0400. The van der Waals surface area contributed by atoms with Crippen molar-refractivity contribution in [2.75, 3.05) is 7.05 Å². The van der Waals surface area contributed by atoms with Crippen molar-refractivity contribution in [2.24, 2.45) is 0 Å². The molecule has 9 heteroatoms. The Bertz CT molecular complexity index is 855. The van der Waals surface area contributed by atoms with Crippen LogP contribution in [-0.4, -0.2) is 41.7 Å². The van der Waals surface area contributed by atoms with Gasteiger partial charge in [0.25, 0.3) is 5.91 Å². The number of nitrogens with zero attached hydrogens (tertiary/aromatic N) is 3. The first kappa shape index (κ1) is 20.3. The maximum Gasteiger partial charge on any atom is 0.254 e. The number of hydrogen-bond acceptors (Lipinski definition) is 5. The quantitative estimate of drug-likeness (QED) is 0.776. The van der Waals surface area contributed by atoms with Crippen molar-refractivity contribution < 1.29 is 13.2 Å². The topological polar surface area (TPSA) is 92.3 Å². The summed E-state index contributed by atoms with van der Waals surface area (Å²) < 4.78 is 26.2. The summed E-state index contributed by atoms with van der Waals surface area (Å²) in [6, 6.07) is 5.97. The third-order valence-electron chi connectivity index (χ3n) is 3.84. The second kappa shape index (κ2) is 8.57. The number of rotatable bonds is 7. The van der Waals surface area contributed by atoms with Gasteiger partial charge in [0.15, 0.2) is 0 Å². The van der Waals surface area contributed by atoms with E-state index >= 15 is 0 Å². The van der Waals surface area contributed by atoms with E-state index < -0.39 is 10.0 Å².